The third-order valence-electron chi connectivity index (χ3n) is 3.87. The summed E-state index contributed by atoms with van der Waals surface area (Å²) in [4.78, 5) is 2.21. The van der Waals surface area contributed by atoms with E-state index in [0.717, 1.165) is 38.6 Å². The highest BCUT2D eigenvalue weighted by Crippen LogP contribution is 2.15. The van der Waals surface area contributed by atoms with Crippen molar-refractivity contribution in [3.05, 3.63) is 48.7 Å². The normalized spacial score (nSPS) is 11.0. The van der Waals surface area contributed by atoms with Crippen molar-refractivity contribution in [2.45, 2.75) is 19.0 Å². The first-order chi connectivity index (χ1) is 11.2. The molecule has 1 N–H and O–H groups in total. The van der Waals surface area contributed by atoms with Gasteiger partial charge in [0.15, 0.2) is 0 Å². The Balaban J connectivity index is 0.00000529. The van der Waals surface area contributed by atoms with Gasteiger partial charge in [-0.2, -0.15) is 0 Å². The van der Waals surface area contributed by atoms with Crippen molar-refractivity contribution in [2.24, 2.45) is 0 Å². The summed E-state index contributed by atoms with van der Waals surface area (Å²) in [6.07, 6.45) is 2.84. The lowest BCUT2D eigenvalue weighted by molar-refractivity contribution is 0.122. The van der Waals surface area contributed by atoms with Gasteiger partial charge in [-0.05, 0) is 18.2 Å². The van der Waals surface area contributed by atoms with Gasteiger partial charge in [0.1, 0.15) is 0 Å². The fourth-order valence-electron chi connectivity index (χ4n) is 2.40. The Morgan fingerprint density at radius 1 is 1.08 bits per heavy atom. The molecule has 0 aromatic heterocycles. The lowest BCUT2D eigenvalue weighted by Gasteiger charge is -2.26. The maximum atomic E-state index is 5.44. The van der Waals surface area contributed by atoms with E-state index in [2.05, 4.69) is 41.1 Å². The third-order valence-corrected chi connectivity index (χ3v) is 6.70. The van der Waals surface area contributed by atoms with Crippen molar-refractivity contribution in [1.82, 2.24) is 10.2 Å². The molecule has 0 aliphatic rings. The average molecular weight is 375 g/mol. The van der Waals surface area contributed by atoms with Crippen molar-refractivity contribution < 1.29 is 13.3 Å². The monoisotopic (exact) mass is 374 g/mol. The highest BCUT2D eigenvalue weighted by molar-refractivity contribution is 6.60. The molecular weight excluding hydrogens is 344 g/mol. The molecule has 0 unspecified atom stereocenters. The first kappa shape index (κ1) is 23.1. The number of rotatable bonds is 13. The summed E-state index contributed by atoms with van der Waals surface area (Å²) in [5.74, 6) is 0. The van der Waals surface area contributed by atoms with Gasteiger partial charge >= 0.3 is 8.80 Å². The number of hydrogen-bond donors (Lipinski definition) is 1. The maximum Gasteiger partial charge on any atom is 0.500 e. The molecule has 0 amide bonds. The highest BCUT2D eigenvalue weighted by atomic mass is 35.5. The highest BCUT2D eigenvalue weighted by Gasteiger charge is 2.36. The van der Waals surface area contributed by atoms with Crippen LogP contribution < -0.4 is 5.32 Å². The van der Waals surface area contributed by atoms with Crippen LogP contribution >= 0.6 is 12.4 Å². The van der Waals surface area contributed by atoms with Gasteiger partial charge < -0.3 is 23.5 Å². The van der Waals surface area contributed by atoms with Crippen molar-refractivity contribution in [3.63, 3.8) is 0 Å². The van der Waals surface area contributed by atoms with Crippen LogP contribution in [0.1, 0.15) is 12.0 Å². The predicted molar refractivity (Wildman–Crippen MR) is 103 cm³/mol. The molecule has 0 atom stereocenters. The number of nitrogens with one attached hydrogen (secondary N) is 1. The van der Waals surface area contributed by atoms with Gasteiger partial charge in [0, 0.05) is 53.6 Å². The zero-order chi connectivity index (χ0) is 17.0. The van der Waals surface area contributed by atoms with E-state index in [1.807, 2.05) is 12.3 Å². The van der Waals surface area contributed by atoms with Gasteiger partial charge in [-0.15, -0.1) is 12.4 Å². The van der Waals surface area contributed by atoms with Gasteiger partial charge in [-0.1, -0.05) is 36.9 Å². The molecule has 0 aliphatic carbocycles. The zero-order valence-corrected chi connectivity index (χ0v) is 16.8. The fraction of sp³-hybridized carbons (Fsp3) is 0.529. The second-order valence-electron chi connectivity index (χ2n) is 5.28. The van der Waals surface area contributed by atoms with Crippen LogP contribution in [0.15, 0.2) is 43.1 Å². The Kier molecular flexibility index (Phi) is 12.9. The van der Waals surface area contributed by atoms with Gasteiger partial charge in [0.05, 0.1) is 0 Å². The first-order valence-corrected chi connectivity index (χ1v) is 9.89. The molecule has 5 nitrogen and oxygen atoms in total. The van der Waals surface area contributed by atoms with E-state index in [1.54, 1.807) is 21.3 Å². The molecule has 0 spiro atoms. The van der Waals surface area contributed by atoms with Crippen LogP contribution in [0.5, 0.6) is 0 Å². The molecule has 0 saturated carbocycles. The fourth-order valence-corrected chi connectivity index (χ4v) is 4.10. The molecule has 7 heteroatoms. The molecule has 0 radical (unpaired) electrons. The van der Waals surface area contributed by atoms with Crippen molar-refractivity contribution in [3.8, 4) is 0 Å². The molecule has 0 bridgehead atoms. The zero-order valence-electron chi connectivity index (χ0n) is 15.0. The van der Waals surface area contributed by atoms with Gasteiger partial charge in [-0.3, -0.25) is 0 Å². The number of nitrogens with zero attached hydrogens (tertiary/aromatic N) is 1. The molecular formula is C17H31ClN2O3Si. The second kappa shape index (κ2) is 13.4. The Hall–Kier alpha value is -0.893. The SMILES string of the molecule is C=CN(CCC[Si](OC)(OC)OC)CCNCc1ccccc1.Cl. The standard InChI is InChI=1S/C17H30N2O3Si.ClH/c1-5-19(13-9-15-23(20-2,21-3)22-4)14-12-18-16-17-10-7-6-8-11-17;/h5-8,10-11,18H,1,9,12-16H2,2-4H3;1H. The summed E-state index contributed by atoms with van der Waals surface area (Å²) in [6.45, 7) is 7.54. The van der Waals surface area contributed by atoms with Gasteiger partial charge in [0.2, 0.25) is 0 Å². The third kappa shape index (κ3) is 8.28. The molecule has 0 heterocycles. The van der Waals surface area contributed by atoms with Crippen LogP contribution in [0, 0.1) is 0 Å². The quantitative estimate of drug-likeness (QED) is 0.424. The van der Waals surface area contributed by atoms with Crippen molar-refractivity contribution in [2.75, 3.05) is 41.0 Å². The summed E-state index contributed by atoms with van der Waals surface area (Å²) in [7, 11) is 2.50. The lowest BCUT2D eigenvalue weighted by Crippen LogP contribution is -2.43. The van der Waals surface area contributed by atoms with E-state index in [-0.39, 0.29) is 12.4 Å². The lowest BCUT2D eigenvalue weighted by atomic mass is 10.2. The molecule has 1 aromatic rings. The second-order valence-corrected chi connectivity index (χ2v) is 8.37. The Morgan fingerprint density at radius 2 is 1.71 bits per heavy atom. The van der Waals surface area contributed by atoms with E-state index in [0.29, 0.717) is 0 Å². The molecule has 0 saturated heterocycles. The summed E-state index contributed by atoms with van der Waals surface area (Å²) in [5.41, 5.74) is 1.30. The minimum Gasteiger partial charge on any atom is -0.377 e. The number of halogens is 1. The van der Waals surface area contributed by atoms with Crippen LogP contribution in [0.4, 0.5) is 0 Å². The largest absolute Gasteiger partial charge is 0.500 e. The van der Waals surface area contributed by atoms with Crippen LogP contribution in [0.3, 0.4) is 0 Å². The van der Waals surface area contributed by atoms with Crippen molar-refractivity contribution >= 4 is 21.2 Å². The van der Waals surface area contributed by atoms with E-state index >= 15 is 0 Å². The summed E-state index contributed by atoms with van der Waals surface area (Å²) in [5, 5.41) is 3.45. The molecule has 0 fully saturated rings. The minimum atomic E-state index is -2.46. The minimum absolute atomic E-state index is 0. The average Bonchev–Trinajstić information content (AvgIpc) is 2.62. The first-order valence-electron chi connectivity index (χ1n) is 7.96. The molecule has 0 aliphatic heterocycles. The van der Waals surface area contributed by atoms with Gasteiger partial charge in [-0.25, -0.2) is 0 Å². The molecule has 138 valence electrons. The maximum absolute atomic E-state index is 5.44. The molecule has 1 rings (SSSR count). The van der Waals surface area contributed by atoms with Crippen LogP contribution in [-0.2, 0) is 19.8 Å². The summed E-state index contributed by atoms with van der Waals surface area (Å²) in [6, 6.07) is 11.2. The Morgan fingerprint density at radius 3 is 2.25 bits per heavy atom. The number of benzene rings is 1. The van der Waals surface area contributed by atoms with Crippen LogP contribution in [-0.4, -0.2) is 54.7 Å². The Labute approximate surface area is 153 Å². The summed E-state index contributed by atoms with van der Waals surface area (Å²) < 4.78 is 16.3. The van der Waals surface area contributed by atoms with Crippen LogP contribution in [0.2, 0.25) is 6.04 Å². The topological polar surface area (TPSA) is 43.0 Å². The summed E-state index contributed by atoms with van der Waals surface area (Å²) >= 11 is 0. The van der Waals surface area contributed by atoms with E-state index in [1.165, 1.54) is 5.56 Å². The van der Waals surface area contributed by atoms with Gasteiger partial charge in [0.25, 0.3) is 0 Å². The van der Waals surface area contributed by atoms with E-state index < -0.39 is 8.80 Å². The molecule has 1 aromatic carbocycles. The predicted octanol–water partition coefficient (Wildman–Crippen LogP) is 2.91. The van der Waals surface area contributed by atoms with E-state index in [9.17, 15) is 0 Å². The van der Waals surface area contributed by atoms with Crippen LogP contribution in [0.25, 0.3) is 0 Å². The van der Waals surface area contributed by atoms with E-state index in [4.69, 9.17) is 13.3 Å². The number of hydrogen-bond acceptors (Lipinski definition) is 5. The van der Waals surface area contributed by atoms with Crippen molar-refractivity contribution in [1.29, 1.82) is 0 Å². The Bertz CT molecular complexity index is 425. The smallest absolute Gasteiger partial charge is 0.377 e. The molecule has 24 heavy (non-hydrogen) atoms.